The van der Waals surface area contributed by atoms with Crippen LogP contribution in [0.3, 0.4) is 0 Å². The van der Waals surface area contributed by atoms with Crippen molar-refractivity contribution in [2.45, 2.75) is 19.4 Å². The van der Waals surface area contributed by atoms with Gasteiger partial charge in [0.05, 0.1) is 11.7 Å². The monoisotopic (exact) mass is 236 g/mol. The molecule has 1 aromatic heterocycles. The highest BCUT2D eigenvalue weighted by Crippen LogP contribution is 2.18. The summed E-state index contributed by atoms with van der Waals surface area (Å²) in [6.07, 6.45) is 1.75. The van der Waals surface area contributed by atoms with E-state index >= 15 is 0 Å². The van der Waals surface area contributed by atoms with Crippen LogP contribution >= 0.6 is 0 Å². The number of hydrogen-bond acceptors (Lipinski definition) is 3. The summed E-state index contributed by atoms with van der Waals surface area (Å²) < 4.78 is 0. The number of rotatable bonds is 1. The first-order chi connectivity index (χ1) is 8.08. The number of hydrogen-bond donors (Lipinski definition) is 2. The third-order valence-corrected chi connectivity index (χ3v) is 3.24. The summed E-state index contributed by atoms with van der Waals surface area (Å²) in [7, 11) is 0. The molecule has 0 aliphatic carbocycles. The normalized spacial score (nSPS) is 24.7. The largest absolute Gasteiger partial charge is 0.391 e. The summed E-state index contributed by atoms with van der Waals surface area (Å²) in [5.41, 5.74) is 0.222. The number of H-pyrrole nitrogens is 1. The fourth-order valence-electron chi connectivity index (χ4n) is 1.96. The number of aliphatic hydroxyl groups excluding tert-OH is 1. The number of piperidine rings is 1. The van der Waals surface area contributed by atoms with Crippen molar-refractivity contribution in [1.82, 2.24) is 9.88 Å². The van der Waals surface area contributed by atoms with Crippen molar-refractivity contribution in [2.75, 3.05) is 13.1 Å². The van der Waals surface area contributed by atoms with Gasteiger partial charge in [-0.15, -0.1) is 0 Å². The second kappa shape index (κ2) is 4.71. The minimum atomic E-state index is -0.463. The van der Waals surface area contributed by atoms with Gasteiger partial charge in [0.2, 0.25) is 5.56 Å². The van der Waals surface area contributed by atoms with Crippen LogP contribution in [0.25, 0.3) is 0 Å². The van der Waals surface area contributed by atoms with E-state index in [0.29, 0.717) is 18.7 Å². The molecule has 2 rings (SSSR count). The molecule has 2 N–H and O–H groups in total. The van der Waals surface area contributed by atoms with Crippen LogP contribution in [0.15, 0.2) is 23.1 Å². The molecule has 5 heteroatoms. The predicted molar refractivity (Wildman–Crippen MR) is 62.8 cm³/mol. The molecule has 1 amide bonds. The van der Waals surface area contributed by atoms with E-state index in [4.69, 9.17) is 0 Å². The number of nitrogens with one attached hydrogen (secondary N) is 1. The van der Waals surface area contributed by atoms with Crippen molar-refractivity contribution < 1.29 is 9.90 Å². The number of amides is 1. The third-order valence-electron chi connectivity index (χ3n) is 3.24. The number of aromatic nitrogens is 1. The van der Waals surface area contributed by atoms with Crippen molar-refractivity contribution in [3.8, 4) is 0 Å². The molecule has 0 bridgehead atoms. The molecular formula is C12H16N2O3. The Kier molecular flexibility index (Phi) is 3.28. The first kappa shape index (κ1) is 11.9. The summed E-state index contributed by atoms with van der Waals surface area (Å²) in [6, 6.07) is 2.84. The Morgan fingerprint density at radius 2 is 2.29 bits per heavy atom. The predicted octanol–water partition coefficient (Wildman–Crippen LogP) is 0.218. The molecule has 1 aliphatic heterocycles. The molecule has 1 aromatic rings. The molecule has 1 saturated heterocycles. The molecule has 0 radical (unpaired) electrons. The van der Waals surface area contributed by atoms with Crippen molar-refractivity contribution in [3.05, 3.63) is 34.2 Å². The van der Waals surface area contributed by atoms with Crippen LogP contribution in [0, 0.1) is 5.92 Å². The lowest BCUT2D eigenvalue weighted by Gasteiger charge is -2.34. The number of nitrogens with zero attached hydrogens (tertiary/aromatic N) is 1. The Hall–Kier alpha value is -1.62. The lowest BCUT2D eigenvalue weighted by Crippen LogP contribution is -2.45. The summed E-state index contributed by atoms with van der Waals surface area (Å²) in [5, 5.41) is 9.74. The average molecular weight is 236 g/mol. The molecule has 92 valence electrons. The highest BCUT2D eigenvalue weighted by atomic mass is 16.3. The minimum absolute atomic E-state index is 0.146. The summed E-state index contributed by atoms with van der Waals surface area (Å²) in [4.78, 5) is 27.0. The van der Waals surface area contributed by atoms with E-state index < -0.39 is 6.10 Å². The topological polar surface area (TPSA) is 73.4 Å². The molecule has 2 heterocycles. The molecule has 0 aromatic carbocycles. The SMILES string of the molecule is CC1CCN(C(=O)c2ccc(=O)[nH]c2)CC1O. The van der Waals surface area contributed by atoms with Crippen LogP contribution in [0.2, 0.25) is 0 Å². The van der Waals surface area contributed by atoms with Crippen LogP contribution in [0.5, 0.6) is 0 Å². The summed E-state index contributed by atoms with van der Waals surface area (Å²) >= 11 is 0. The second-order valence-corrected chi connectivity index (χ2v) is 4.53. The Balaban J connectivity index is 2.10. The van der Waals surface area contributed by atoms with Crippen LogP contribution in [-0.2, 0) is 0 Å². The van der Waals surface area contributed by atoms with Gasteiger partial charge < -0.3 is 15.0 Å². The fourth-order valence-corrected chi connectivity index (χ4v) is 1.96. The number of carbonyl (C=O) groups is 1. The number of β-amino-alcohol motifs (C(OH)–C–C–N with tert-alkyl or cyclic N) is 1. The molecule has 2 atom stereocenters. The van der Waals surface area contributed by atoms with Gasteiger partial charge in [0, 0.05) is 25.4 Å². The maximum atomic E-state index is 12.1. The maximum Gasteiger partial charge on any atom is 0.255 e. The van der Waals surface area contributed by atoms with Crippen molar-refractivity contribution in [3.63, 3.8) is 0 Å². The Bertz CT molecular complexity index is 449. The van der Waals surface area contributed by atoms with Gasteiger partial charge in [0.25, 0.3) is 5.91 Å². The van der Waals surface area contributed by atoms with Gasteiger partial charge in [-0.2, -0.15) is 0 Å². The maximum absolute atomic E-state index is 12.1. The highest BCUT2D eigenvalue weighted by molar-refractivity contribution is 5.93. The van der Waals surface area contributed by atoms with Gasteiger partial charge in [0.1, 0.15) is 0 Å². The molecule has 1 aliphatic rings. The Morgan fingerprint density at radius 3 is 2.88 bits per heavy atom. The smallest absolute Gasteiger partial charge is 0.255 e. The summed E-state index contributed by atoms with van der Waals surface area (Å²) in [5.74, 6) is 0.0850. The van der Waals surface area contributed by atoms with E-state index in [2.05, 4.69) is 4.98 Å². The van der Waals surface area contributed by atoms with E-state index in [1.807, 2.05) is 6.92 Å². The van der Waals surface area contributed by atoms with Gasteiger partial charge in [-0.25, -0.2) is 0 Å². The zero-order valence-corrected chi connectivity index (χ0v) is 9.72. The first-order valence-electron chi connectivity index (χ1n) is 5.74. The van der Waals surface area contributed by atoms with Crippen molar-refractivity contribution >= 4 is 5.91 Å². The van der Waals surface area contributed by atoms with Crippen molar-refractivity contribution in [2.24, 2.45) is 5.92 Å². The second-order valence-electron chi connectivity index (χ2n) is 4.53. The number of aromatic amines is 1. The van der Waals surface area contributed by atoms with Gasteiger partial charge in [-0.05, 0) is 18.4 Å². The third kappa shape index (κ3) is 2.55. The van der Waals surface area contributed by atoms with Crippen molar-refractivity contribution in [1.29, 1.82) is 0 Å². The molecule has 2 unspecified atom stereocenters. The van der Waals surface area contributed by atoms with Gasteiger partial charge in [0.15, 0.2) is 0 Å². The number of likely N-dealkylation sites (tertiary alicyclic amines) is 1. The highest BCUT2D eigenvalue weighted by Gasteiger charge is 2.27. The molecule has 5 nitrogen and oxygen atoms in total. The molecular weight excluding hydrogens is 220 g/mol. The van der Waals surface area contributed by atoms with Gasteiger partial charge in [-0.3, -0.25) is 9.59 Å². The summed E-state index contributed by atoms with van der Waals surface area (Å²) in [6.45, 7) is 2.99. The lowest BCUT2D eigenvalue weighted by molar-refractivity contribution is 0.0248. The zero-order valence-electron chi connectivity index (χ0n) is 9.72. The van der Waals surface area contributed by atoms with Crippen LogP contribution in [-0.4, -0.2) is 40.1 Å². The van der Waals surface area contributed by atoms with Gasteiger partial charge >= 0.3 is 0 Å². The molecule has 17 heavy (non-hydrogen) atoms. The number of pyridine rings is 1. The van der Waals surface area contributed by atoms with Crippen LogP contribution in [0.1, 0.15) is 23.7 Å². The van der Waals surface area contributed by atoms with Crippen LogP contribution < -0.4 is 5.56 Å². The average Bonchev–Trinajstić information content (AvgIpc) is 2.33. The molecule has 0 spiro atoms. The van der Waals surface area contributed by atoms with E-state index in [1.165, 1.54) is 18.3 Å². The standard InChI is InChI=1S/C12H16N2O3/c1-8-4-5-14(7-10(8)15)12(17)9-2-3-11(16)13-6-9/h2-3,6,8,10,15H,4-5,7H2,1H3,(H,13,16). The van der Waals surface area contributed by atoms with Gasteiger partial charge in [-0.1, -0.05) is 6.92 Å². The fraction of sp³-hybridized carbons (Fsp3) is 0.500. The minimum Gasteiger partial charge on any atom is -0.391 e. The lowest BCUT2D eigenvalue weighted by atomic mass is 9.96. The quantitative estimate of drug-likeness (QED) is 0.732. The number of carbonyl (C=O) groups excluding carboxylic acids is 1. The molecule has 1 fully saturated rings. The van der Waals surface area contributed by atoms with E-state index in [1.54, 1.807) is 4.90 Å². The first-order valence-corrected chi connectivity index (χ1v) is 5.74. The molecule has 0 saturated carbocycles. The Labute approximate surface area is 99.1 Å². The van der Waals surface area contributed by atoms with E-state index in [-0.39, 0.29) is 17.4 Å². The van der Waals surface area contributed by atoms with Crippen LogP contribution in [0.4, 0.5) is 0 Å². The van der Waals surface area contributed by atoms with E-state index in [0.717, 1.165) is 6.42 Å². The Morgan fingerprint density at radius 1 is 1.53 bits per heavy atom. The number of aliphatic hydroxyl groups is 1. The van der Waals surface area contributed by atoms with E-state index in [9.17, 15) is 14.7 Å². The zero-order chi connectivity index (χ0) is 12.4.